The number of carbonyl (C=O) groups is 2. The van der Waals surface area contributed by atoms with Crippen molar-refractivity contribution in [1.82, 2.24) is 9.71 Å². The minimum Gasteiger partial charge on any atom is -0.496 e. The Kier molecular flexibility index (Phi) is 7.42. The monoisotopic (exact) mass is 506 g/mol. The molecule has 0 aliphatic carbocycles. The standard InChI is InChI=1S/C25H22N4O6S/c1-34-22-13-19(10-11-21(22)23-15-26-16-35-23)29-25(31)24(30)28-18-7-5-6-17(12-18)14-27-36(32,33)20-8-3-2-4-9-20/h2-13,15-16,27H,14H2,1H3,(H,28,30)(H,29,31). The third-order valence-electron chi connectivity index (χ3n) is 5.07. The fraction of sp³-hybridized carbons (Fsp3) is 0.0800. The van der Waals surface area contributed by atoms with E-state index < -0.39 is 21.8 Å². The van der Waals surface area contributed by atoms with E-state index in [0.717, 1.165) is 0 Å². The number of carbonyl (C=O) groups excluding carboxylic acids is 2. The summed E-state index contributed by atoms with van der Waals surface area (Å²) in [5.41, 5.74) is 1.92. The third kappa shape index (κ3) is 5.95. The summed E-state index contributed by atoms with van der Waals surface area (Å²) in [6.07, 6.45) is 2.83. The molecule has 0 aliphatic rings. The van der Waals surface area contributed by atoms with E-state index in [2.05, 4.69) is 20.3 Å². The number of ether oxygens (including phenoxy) is 1. The number of hydrogen-bond acceptors (Lipinski definition) is 7. The molecule has 0 unspecified atom stereocenters. The predicted molar refractivity (Wildman–Crippen MR) is 133 cm³/mol. The summed E-state index contributed by atoms with van der Waals surface area (Å²) >= 11 is 0. The van der Waals surface area contributed by atoms with Crippen LogP contribution in [0.3, 0.4) is 0 Å². The maximum absolute atomic E-state index is 12.4. The van der Waals surface area contributed by atoms with Crippen LogP contribution in [0.5, 0.6) is 5.75 Å². The van der Waals surface area contributed by atoms with Crippen LogP contribution in [0.25, 0.3) is 11.3 Å². The molecule has 11 heteroatoms. The highest BCUT2D eigenvalue weighted by molar-refractivity contribution is 7.89. The van der Waals surface area contributed by atoms with Gasteiger partial charge >= 0.3 is 11.8 Å². The summed E-state index contributed by atoms with van der Waals surface area (Å²) in [6, 6.07) is 19.3. The smallest absolute Gasteiger partial charge is 0.314 e. The Bertz CT molecular complexity index is 1470. The Morgan fingerprint density at radius 1 is 0.917 bits per heavy atom. The lowest BCUT2D eigenvalue weighted by atomic mass is 10.1. The molecule has 4 rings (SSSR count). The first-order valence-electron chi connectivity index (χ1n) is 10.7. The van der Waals surface area contributed by atoms with Crippen LogP contribution in [0.15, 0.2) is 94.7 Å². The van der Waals surface area contributed by atoms with E-state index in [1.54, 1.807) is 60.7 Å². The van der Waals surface area contributed by atoms with Crippen LogP contribution >= 0.6 is 0 Å². The Hall–Kier alpha value is -4.48. The molecule has 0 radical (unpaired) electrons. The average molecular weight is 507 g/mol. The molecule has 1 aromatic heterocycles. The average Bonchev–Trinajstić information content (AvgIpc) is 3.43. The minimum atomic E-state index is -3.69. The van der Waals surface area contributed by atoms with Gasteiger partial charge in [-0.25, -0.2) is 18.1 Å². The van der Waals surface area contributed by atoms with Gasteiger partial charge in [0.1, 0.15) is 5.75 Å². The summed E-state index contributed by atoms with van der Waals surface area (Å²) in [5.74, 6) is -0.862. The molecule has 3 N–H and O–H groups in total. The maximum atomic E-state index is 12.4. The van der Waals surface area contributed by atoms with Crippen LogP contribution in [0.2, 0.25) is 0 Å². The molecule has 184 valence electrons. The molecule has 10 nitrogen and oxygen atoms in total. The fourth-order valence-corrected chi connectivity index (χ4v) is 4.36. The second-order valence-corrected chi connectivity index (χ2v) is 9.29. The van der Waals surface area contributed by atoms with Crippen molar-refractivity contribution in [2.45, 2.75) is 11.4 Å². The quantitative estimate of drug-likeness (QED) is 0.311. The van der Waals surface area contributed by atoms with E-state index in [0.29, 0.717) is 34.0 Å². The third-order valence-corrected chi connectivity index (χ3v) is 6.49. The topological polar surface area (TPSA) is 140 Å². The molecule has 0 spiro atoms. The molecule has 0 bridgehead atoms. The highest BCUT2D eigenvalue weighted by Gasteiger charge is 2.17. The molecule has 0 saturated heterocycles. The van der Waals surface area contributed by atoms with E-state index in [-0.39, 0.29) is 11.4 Å². The zero-order valence-electron chi connectivity index (χ0n) is 19.1. The van der Waals surface area contributed by atoms with Gasteiger partial charge in [-0.05, 0) is 42.0 Å². The molecule has 3 aromatic carbocycles. The number of benzene rings is 3. The van der Waals surface area contributed by atoms with Gasteiger partial charge in [-0.1, -0.05) is 30.3 Å². The number of methoxy groups -OCH3 is 1. The second kappa shape index (κ2) is 10.8. The van der Waals surface area contributed by atoms with Crippen molar-refractivity contribution in [2.75, 3.05) is 17.7 Å². The number of nitrogens with zero attached hydrogens (tertiary/aromatic N) is 1. The van der Waals surface area contributed by atoms with E-state index in [1.807, 2.05) is 0 Å². The van der Waals surface area contributed by atoms with Gasteiger partial charge in [0.25, 0.3) is 0 Å². The molecule has 0 aliphatic heterocycles. The Labute approximate surface area is 207 Å². The molecule has 0 saturated carbocycles. The molecular weight excluding hydrogens is 484 g/mol. The van der Waals surface area contributed by atoms with Gasteiger partial charge in [0.15, 0.2) is 12.2 Å². The summed E-state index contributed by atoms with van der Waals surface area (Å²) in [7, 11) is -2.21. The number of amides is 2. The van der Waals surface area contributed by atoms with Gasteiger partial charge in [0, 0.05) is 24.0 Å². The molecule has 36 heavy (non-hydrogen) atoms. The van der Waals surface area contributed by atoms with Crippen molar-refractivity contribution in [2.24, 2.45) is 0 Å². The highest BCUT2D eigenvalue weighted by atomic mass is 32.2. The number of hydrogen-bond donors (Lipinski definition) is 3. The van der Waals surface area contributed by atoms with Gasteiger partial charge in [-0.2, -0.15) is 0 Å². The molecule has 0 fully saturated rings. The van der Waals surface area contributed by atoms with Crippen molar-refractivity contribution < 1.29 is 27.2 Å². The number of oxazole rings is 1. The van der Waals surface area contributed by atoms with Crippen LogP contribution in [0, 0.1) is 0 Å². The maximum Gasteiger partial charge on any atom is 0.314 e. The number of rotatable bonds is 8. The first kappa shape index (κ1) is 24.6. The van der Waals surface area contributed by atoms with Crippen LogP contribution in [-0.2, 0) is 26.2 Å². The summed E-state index contributed by atoms with van der Waals surface area (Å²) in [5, 5.41) is 5.03. The van der Waals surface area contributed by atoms with Crippen molar-refractivity contribution in [3.05, 3.63) is 91.0 Å². The lowest BCUT2D eigenvalue weighted by Crippen LogP contribution is -2.29. The molecule has 0 atom stereocenters. The largest absolute Gasteiger partial charge is 0.496 e. The van der Waals surface area contributed by atoms with Crippen molar-refractivity contribution in [3.63, 3.8) is 0 Å². The first-order chi connectivity index (χ1) is 17.4. The van der Waals surface area contributed by atoms with Crippen LogP contribution in [-0.4, -0.2) is 32.3 Å². The van der Waals surface area contributed by atoms with Gasteiger partial charge in [-0.15, -0.1) is 0 Å². The first-order valence-corrected chi connectivity index (χ1v) is 12.2. The van der Waals surface area contributed by atoms with Crippen molar-refractivity contribution in [3.8, 4) is 17.1 Å². The second-order valence-electron chi connectivity index (χ2n) is 7.53. The highest BCUT2D eigenvalue weighted by Crippen LogP contribution is 2.32. The predicted octanol–water partition coefficient (Wildman–Crippen LogP) is 3.41. The van der Waals surface area contributed by atoms with Gasteiger partial charge < -0.3 is 19.8 Å². The number of nitrogens with one attached hydrogen (secondary N) is 3. The summed E-state index contributed by atoms with van der Waals surface area (Å²) in [4.78, 5) is 28.9. The Morgan fingerprint density at radius 2 is 1.64 bits per heavy atom. The van der Waals surface area contributed by atoms with E-state index in [9.17, 15) is 18.0 Å². The minimum absolute atomic E-state index is 0.00443. The van der Waals surface area contributed by atoms with E-state index >= 15 is 0 Å². The Morgan fingerprint density at radius 3 is 2.31 bits per heavy atom. The molecular formula is C25H22N4O6S. The Balaban J connectivity index is 1.38. The lowest BCUT2D eigenvalue weighted by Gasteiger charge is -2.11. The zero-order valence-corrected chi connectivity index (χ0v) is 19.9. The van der Waals surface area contributed by atoms with Gasteiger partial charge in [0.05, 0.1) is 23.8 Å². The van der Waals surface area contributed by atoms with E-state index in [4.69, 9.17) is 9.15 Å². The van der Waals surface area contributed by atoms with Crippen LogP contribution in [0.4, 0.5) is 11.4 Å². The fourth-order valence-electron chi connectivity index (χ4n) is 3.32. The summed E-state index contributed by atoms with van der Waals surface area (Å²) in [6.45, 7) is 0.00443. The molecule has 1 heterocycles. The number of anilines is 2. The van der Waals surface area contributed by atoms with Crippen molar-refractivity contribution >= 4 is 33.2 Å². The lowest BCUT2D eigenvalue weighted by molar-refractivity contribution is -0.132. The van der Waals surface area contributed by atoms with E-state index in [1.165, 1.54) is 31.8 Å². The zero-order chi connectivity index (χ0) is 25.5. The van der Waals surface area contributed by atoms with Gasteiger partial charge in [-0.3, -0.25) is 9.59 Å². The van der Waals surface area contributed by atoms with Crippen LogP contribution < -0.4 is 20.1 Å². The normalized spacial score (nSPS) is 11.0. The molecule has 4 aromatic rings. The number of sulfonamides is 1. The SMILES string of the molecule is COc1cc(NC(=O)C(=O)Nc2cccc(CNS(=O)(=O)c3ccccc3)c2)ccc1-c1cnco1. The number of aromatic nitrogens is 1. The van der Waals surface area contributed by atoms with Gasteiger partial charge in [0.2, 0.25) is 10.0 Å². The molecule has 2 amide bonds. The summed E-state index contributed by atoms with van der Waals surface area (Å²) < 4.78 is 38.0. The van der Waals surface area contributed by atoms with Crippen LogP contribution in [0.1, 0.15) is 5.56 Å². The van der Waals surface area contributed by atoms with Crippen molar-refractivity contribution in [1.29, 1.82) is 0 Å².